The molecule has 1 aromatic rings. The molecular formula is C16H24O2S. The first-order valence-corrected chi connectivity index (χ1v) is 7.93. The smallest absolute Gasteiger partial charge is 0.0509 e. The average molecular weight is 280 g/mol. The summed E-state index contributed by atoms with van der Waals surface area (Å²) in [6.45, 7) is 4.46. The molecular weight excluding hydrogens is 256 g/mol. The van der Waals surface area contributed by atoms with Crippen LogP contribution in [0.5, 0.6) is 0 Å². The zero-order valence-electron chi connectivity index (χ0n) is 11.8. The number of hydrogen-bond donors (Lipinski definition) is 2. The molecule has 2 N–H and O–H groups in total. The van der Waals surface area contributed by atoms with Gasteiger partial charge in [-0.1, -0.05) is 32.0 Å². The highest BCUT2D eigenvalue weighted by molar-refractivity contribution is 8.00. The van der Waals surface area contributed by atoms with Crippen molar-refractivity contribution in [2.24, 2.45) is 11.3 Å². The van der Waals surface area contributed by atoms with E-state index in [4.69, 9.17) is 0 Å². The Kier molecular flexibility index (Phi) is 4.93. The lowest BCUT2D eigenvalue weighted by atomic mass is 9.77. The lowest BCUT2D eigenvalue weighted by molar-refractivity contribution is 0.0295. The molecule has 3 heteroatoms. The Balaban J connectivity index is 2.04. The number of rotatable bonds is 6. The lowest BCUT2D eigenvalue weighted by Gasteiger charge is -2.33. The summed E-state index contributed by atoms with van der Waals surface area (Å²) in [4.78, 5) is 1.36. The minimum atomic E-state index is -0.326. The highest BCUT2D eigenvalue weighted by Crippen LogP contribution is 2.43. The first-order valence-electron chi connectivity index (χ1n) is 7.05. The first kappa shape index (κ1) is 14.9. The predicted octanol–water partition coefficient (Wildman–Crippen LogP) is 3.11. The van der Waals surface area contributed by atoms with Gasteiger partial charge in [0.2, 0.25) is 0 Å². The molecule has 106 valence electrons. The van der Waals surface area contributed by atoms with Crippen LogP contribution < -0.4 is 0 Å². The van der Waals surface area contributed by atoms with Crippen molar-refractivity contribution in [1.82, 2.24) is 0 Å². The fraction of sp³-hybridized carbons (Fsp3) is 0.625. The summed E-state index contributed by atoms with van der Waals surface area (Å²) in [6.07, 6.45) is 2.83. The normalized spacial score (nSPS) is 18.9. The lowest BCUT2D eigenvalue weighted by Crippen LogP contribution is -2.34. The van der Waals surface area contributed by atoms with E-state index >= 15 is 0 Å². The maximum absolute atomic E-state index is 9.73. The molecule has 2 rings (SSSR count). The fourth-order valence-electron chi connectivity index (χ4n) is 3.11. The van der Waals surface area contributed by atoms with Crippen molar-refractivity contribution < 1.29 is 10.2 Å². The van der Waals surface area contributed by atoms with E-state index < -0.39 is 0 Å². The molecule has 1 aliphatic heterocycles. The van der Waals surface area contributed by atoms with Crippen LogP contribution in [0.1, 0.15) is 32.3 Å². The maximum Gasteiger partial charge on any atom is 0.0509 e. The fourth-order valence-corrected chi connectivity index (χ4v) is 4.63. The Morgan fingerprint density at radius 3 is 2.53 bits per heavy atom. The van der Waals surface area contributed by atoms with E-state index in [0.717, 1.165) is 19.3 Å². The molecule has 1 aliphatic rings. The van der Waals surface area contributed by atoms with E-state index in [2.05, 4.69) is 38.1 Å². The second kappa shape index (κ2) is 6.29. The van der Waals surface area contributed by atoms with Crippen LogP contribution in [0.4, 0.5) is 0 Å². The van der Waals surface area contributed by atoms with Crippen molar-refractivity contribution in [1.29, 1.82) is 0 Å². The highest BCUT2D eigenvalue weighted by Gasteiger charge is 2.35. The van der Waals surface area contributed by atoms with Crippen molar-refractivity contribution in [3.05, 3.63) is 29.8 Å². The molecule has 0 radical (unpaired) electrons. The summed E-state index contributed by atoms with van der Waals surface area (Å²) in [6, 6.07) is 8.52. The number of aliphatic hydroxyl groups is 2. The zero-order chi connectivity index (χ0) is 13.9. The van der Waals surface area contributed by atoms with Gasteiger partial charge in [-0.2, -0.15) is 0 Å². The Morgan fingerprint density at radius 1 is 1.26 bits per heavy atom. The van der Waals surface area contributed by atoms with Crippen molar-refractivity contribution in [2.45, 2.75) is 43.3 Å². The summed E-state index contributed by atoms with van der Waals surface area (Å²) in [5.41, 5.74) is 1.08. The van der Waals surface area contributed by atoms with Crippen LogP contribution in [-0.2, 0) is 6.42 Å². The summed E-state index contributed by atoms with van der Waals surface area (Å²) >= 11 is 1.90. The zero-order valence-corrected chi connectivity index (χ0v) is 12.6. The molecule has 0 bridgehead atoms. The number of benzene rings is 1. The second-order valence-electron chi connectivity index (χ2n) is 6.17. The Hall–Kier alpha value is -0.510. The van der Waals surface area contributed by atoms with Gasteiger partial charge in [0.1, 0.15) is 0 Å². The van der Waals surface area contributed by atoms with Gasteiger partial charge in [-0.3, -0.25) is 0 Å². The molecule has 0 aliphatic carbocycles. The van der Waals surface area contributed by atoms with E-state index in [0.29, 0.717) is 11.2 Å². The first-order chi connectivity index (χ1) is 9.08. The monoisotopic (exact) mass is 280 g/mol. The SMILES string of the molecule is CC(C)CC(CO)(CO)CC1Cc2ccccc2S1. The van der Waals surface area contributed by atoms with Gasteiger partial charge in [0, 0.05) is 15.6 Å². The summed E-state index contributed by atoms with van der Waals surface area (Å²) in [7, 11) is 0. The van der Waals surface area contributed by atoms with Gasteiger partial charge in [-0.15, -0.1) is 11.8 Å². The van der Waals surface area contributed by atoms with Crippen molar-refractivity contribution in [3.63, 3.8) is 0 Å². The third-order valence-corrected chi connectivity index (χ3v) is 5.21. The molecule has 0 spiro atoms. The van der Waals surface area contributed by atoms with Crippen LogP contribution >= 0.6 is 11.8 Å². The third kappa shape index (κ3) is 3.53. The van der Waals surface area contributed by atoms with Crippen LogP contribution in [0.15, 0.2) is 29.2 Å². The minimum Gasteiger partial charge on any atom is -0.396 e. The second-order valence-corrected chi connectivity index (χ2v) is 7.51. The Morgan fingerprint density at radius 2 is 1.95 bits per heavy atom. The standard InChI is InChI=1S/C16H24O2S/c1-12(2)8-16(10-17,11-18)9-14-7-13-5-3-4-6-15(13)19-14/h3-6,12,14,17-18H,7-11H2,1-2H3. The van der Waals surface area contributed by atoms with E-state index in [1.165, 1.54) is 10.5 Å². The predicted molar refractivity (Wildman–Crippen MR) is 80.5 cm³/mol. The van der Waals surface area contributed by atoms with Crippen LogP contribution in [0.2, 0.25) is 0 Å². The topological polar surface area (TPSA) is 40.5 Å². The van der Waals surface area contributed by atoms with Crippen molar-refractivity contribution >= 4 is 11.8 Å². The highest BCUT2D eigenvalue weighted by atomic mass is 32.2. The van der Waals surface area contributed by atoms with Gasteiger partial charge in [-0.25, -0.2) is 0 Å². The molecule has 19 heavy (non-hydrogen) atoms. The molecule has 1 unspecified atom stereocenters. The number of hydrogen-bond acceptors (Lipinski definition) is 3. The van der Waals surface area contributed by atoms with E-state index in [1.54, 1.807) is 0 Å². The quantitative estimate of drug-likeness (QED) is 0.841. The number of aliphatic hydroxyl groups excluding tert-OH is 2. The molecule has 1 aromatic carbocycles. The van der Waals surface area contributed by atoms with Crippen LogP contribution in [0, 0.1) is 11.3 Å². The van der Waals surface area contributed by atoms with Gasteiger partial charge < -0.3 is 10.2 Å². The van der Waals surface area contributed by atoms with Gasteiger partial charge >= 0.3 is 0 Å². The molecule has 0 amide bonds. The van der Waals surface area contributed by atoms with E-state index in [9.17, 15) is 10.2 Å². The van der Waals surface area contributed by atoms with Crippen LogP contribution in [-0.4, -0.2) is 28.7 Å². The largest absolute Gasteiger partial charge is 0.396 e. The van der Waals surface area contributed by atoms with Gasteiger partial charge in [0.05, 0.1) is 13.2 Å². The molecule has 0 fully saturated rings. The third-order valence-electron chi connectivity index (χ3n) is 3.89. The van der Waals surface area contributed by atoms with Crippen molar-refractivity contribution in [2.75, 3.05) is 13.2 Å². The minimum absolute atomic E-state index is 0.0785. The van der Waals surface area contributed by atoms with E-state index in [1.807, 2.05) is 11.8 Å². The molecule has 1 atom stereocenters. The van der Waals surface area contributed by atoms with E-state index in [-0.39, 0.29) is 18.6 Å². The van der Waals surface area contributed by atoms with Crippen LogP contribution in [0.25, 0.3) is 0 Å². The molecule has 1 heterocycles. The molecule has 0 aromatic heterocycles. The van der Waals surface area contributed by atoms with Gasteiger partial charge in [0.15, 0.2) is 0 Å². The number of thioether (sulfide) groups is 1. The Labute approximate surface area is 120 Å². The maximum atomic E-state index is 9.73. The van der Waals surface area contributed by atoms with Gasteiger partial charge in [-0.05, 0) is 36.8 Å². The molecule has 2 nitrogen and oxygen atoms in total. The Bertz CT molecular complexity index is 388. The summed E-state index contributed by atoms with van der Waals surface area (Å²) < 4.78 is 0. The van der Waals surface area contributed by atoms with Gasteiger partial charge in [0.25, 0.3) is 0 Å². The summed E-state index contributed by atoms with van der Waals surface area (Å²) in [5, 5.41) is 19.9. The van der Waals surface area contributed by atoms with Crippen LogP contribution in [0.3, 0.4) is 0 Å². The van der Waals surface area contributed by atoms with Crippen molar-refractivity contribution in [3.8, 4) is 0 Å². The molecule has 0 saturated carbocycles. The average Bonchev–Trinajstić information content (AvgIpc) is 2.79. The summed E-state index contributed by atoms with van der Waals surface area (Å²) in [5.74, 6) is 0.494. The number of fused-ring (bicyclic) bond motifs is 1. The molecule has 0 saturated heterocycles.